The zero-order valence-electron chi connectivity index (χ0n) is 46.3. The second kappa shape index (κ2) is 27.2. The van der Waals surface area contributed by atoms with Gasteiger partial charge in [0.25, 0.3) is 0 Å². The van der Waals surface area contributed by atoms with Gasteiger partial charge < -0.3 is 20.0 Å². The molecule has 4 nitrogen and oxygen atoms in total. The van der Waals surface area contributed by atoms with Crippen molar-refractivity contribution in [2.75, 3.05) is 28.2 Å². The largest absolute Gasteiger partial charge is 0.507 e. The molecule has 0 aliphatic heterocycles. The van der Waals surface area contributed by atoms with E-state index in [-0.39, 0.29) is 48.4 Å². The molecule has 7 heteroatoms. The average molecular weight is 1250 g/mol. The Morgan fingerprint density at radius 3 is 0.914 bits per heavy atom. The summed E-state index contributed by atoms with van der Waals surface area (Å²) in [5.74, 6) is 0.363. The molecule has 0 heterocycles. The van der Waals surface area contributed by atoms with Gasteiger partial charge in [-0.2, -0.15) is 30.3 Å². The van der Waals surface area contributed by atoms with Gasteiger partial charge in [-0.05, 0) is 96.8 Å². The van der Waals surface area contributed by atoms with Crippen LogP contribution in [0.3, 0.4) is 0 Å². The predicted octanol–water partition coefficient (Wildman–Crippen LogP) is 11.1. The molecule has 12 rings (SSSR count). The fourth-order valence-corrected chi connectivity index (χ4v) is 21.4. The van der Waals surface area contributed by atoms with Gasteiger partial charge in [-0.1, -0.05) is 273 Å². The fraction of sp³-hybridized carbons (Fsp3) is 0.0811. The van der Waals surface area contributed by atoms with Crippen LogP contribution in [0.5, 0.6) is 11.5 Å². The summed E-state index contributed by atoms with van der Waals surface area (Å²) in [5, 5.41) is 39.7. The van der Waals surface area contributed by atoms with Crippen LogP contribution in [0.15, 0.2) is 297 Å². The number of fused-ring (bicyclic) bond motifs is 2. The monoisotopic (exact) mass is 1250 g/mol. The first-order chi connectivity index (χ1) is 39.2. The van der Waals surface area contributed by atoms with Crippen LogP contribution >= 0.6 is 0 Å². The maximum atomic E-state index is 13.6. The van der Waals surface area contributed by atoms with E-state index in [1.54, 1.807) is 0 Å². The Labute approximate surface area is 510 Å². The van der Waals surface area contributed by atoms with Gasteiger partial charge in [0, 0.05) is 61.1 Å². The van der Waals surface area contributed by atoms with Crippen molar-refractivity contribution >= 4 is 79.2 Å². The van der Waals surface area contributed by atoms with Crippen LogP contribution in [-0.2, 0) is 13.1 Å². The minimum Gasteiger partial charge on any atom is -0.507 e. The van der Waals surface area contributed by atoms with E-state index in [0.717, 1.165) is 76.1 Å². The molecule has 0 bridgehead atoms. The topological polar surface area (TPSA) is 46.9 Å². The standard InChI is InChI=1S/C56H42O2Si2.C9H13N.C9H12N.Lu/c57-55-51(59(43-25-7-1-8-26-43,44-27-9-2-10-28-44)45-29-11-3-12-30-45)39-41-23-19-21-37-49(41)53(55)54-50-38-22-20-24-42(50)40-52(56(54)58)60(46-31-13-4-14-32-46,47-33-15-5-16-34-47)48-35-17-6-18-36-48;2*1-10(2)8-9-6-4-3-5-7-9;/h1-40,57-58H;3-7H,8H2,1-2H3;3-6H,8H2,1-2H3;/q;;-1;. The molecule has 1 radical (unpaired) electrons. The molecular formula is C74H67LuN2O2Si2-. The molecular weight excluding hydrogens is 1180 g/mol. The third kappa shape index (κ3) is 12.3. The Hall–Kier alpha value is -7.65. The number of phenolic OH excluding ortho intramolecular Hbond substituents is 2. The second-order valence-electron chi connectivity index (χ2n) is 20.8. The molecule has 12 aromatic carbocycles. The van der Waals surface area contributed by atoms with Gasteiger partial charge in [-0.15, -0.1) is 5.56 Å². The van der Waals surface area contributed by atoms with E-state index in [1.807, 2.05) is 36.4 Å². The van der Waals surface area contributed by atoms with Gasteiger partial charge >= 0.3 is 0 Å². The summed E-state index contributed by atoms with van der Waals surface area (Å²) in [7, 11) is 1.78. The minimum atomic E-state index is -3.24. The maximum absolute atomic E-state index is 13.6. The molecule has 0 atom stereocenters. The van der Waals surface area contributed by atoms with Crippen molar-refractivity contribution in [2.24, 2.45) is 0 Å². The second-order valence-corrected chi connectivity index (χ2v) is 28.3. The van der Waals surface area contributed by atoms with Gasteiger partial charge in [0.05, 0.1) is 0 Å². The SMILES string of the molecule is CN(C)Cc1[c-]cccc1.CN(C)Cc1ccccc1.Oc1c([Si](c2ccccc2)(c2ccccc2)c2ccccc2)cc2ccccc2c1-c1c(O)c([Si](c2ccccc2)(c2ccccc2)c2ccccc2)cc2ccccc12.[Lu]. The summed E-state index contributed by atoms with van der Waals surface area (Å²) in [5.41, 5.74) is 3.88. The third-order valence-corrected chi connectivity index (χ3v) is 24.5. The first-order valence-corrected chi connectivity index (χ1v) is 31.3. The van der Waals surface area contributed by atoms with Crippen LogP contribution in [0, 0.1) is 42.9 Å². The summed E-state index contributed by atoms with van der Waals surface area (Å²) in [6.45, 7) is 2.00. The van der Waals surface area contributed by atoms with Crippen molar-refractivity contribution in [2.45, 2.75) is 13.1 Å². The summed E-state index contributed by atoms with van der Waals surface area (Å²) < 4.78 is 0. The molecule has 409 valence electrons. The maximum Gasteiger partial charge on any atom is 0.184 e. The molecule has 0 aliphatic rings. The summed E-state index contributed by atoms with van der Waals surface area (Å²) >= 11 is 0. The van der Waals surface area contributed by atoms with Gasteiger partial charge in [-0.3, -0.25) is 0 Å². The smallest absolute Gasteiger partial charge is 0.184 e. The molecule has 0 aliphatic carbocycles. The van der Waals surface area contributed by atoms with Crippen LogP contribution in [0.4, 0.5) is 0 Å². The normalized spacial score (nSPS) is 11.3. The Morgan fingerprint density at radius 2 is 0.617 bits per heavy atom. The number of hydrogen-bond donors (Lipinski definition) is 2. The molecule has 0 aromatic heterocycles. The Balaban J connectivity index is 0.000000317. The van der Waals surface area contributed by atoms with Gasteiger partial charge in [0.2, 0.25) is 0 Å². The van der Waals surface area contributed by atoms with Crippen LogP contribution in [0.25, 0.3) is 32.7 Å². The molecule has 2 N–H and O–H groups in total. The number of aromatic hydroxyl groups is 2. The van der Waals surface area contributed by atoms with Gasteiger partial charge in [-0.25, -0.2) is 0 Å². The van der Waals surface area contributed by atoms with E-state index in [1.165, 1.54) is 11.1 Å². The first kappa shape index (κ1) is 58.0. The molecule has 0 fully saturated rings. The summed E-state index contributed by atoms with van der Waals surface area (Å²) in [4.78, 5) is 4.29. The van der Waals surface area contributed by atoms with Crippen LogP contribution in [0.2, 0.25) is 0 Å². The molecule has 0 unspecified atom stereocenters. The number of phenols is 2. The van der Waals surface area contributed by atoms with E-state index in [4.69, 9.17) is 0 Å². The molecule has 0 amide bonds. The Kier molecular flexibility index (Phi) is 19.5. The van der Waals surface area contributed by atoms with E-state index >= 15 is 0 Å². The fourth-order valence-electron chi connectivity index (χ4n) is 11.6. The summed E-state index contributed by atoms with van der Waals surface area (Å²) in [6.07, 6.45) is 0. The van der Waals surface area contributed by atoms with Gasteiger partial charge in [0.1, 0.15) is 11.5 Å². The molecule has 0 spiro atoms. The molecule has 0 saturated carbocycles. The quantitative estimate of drug-likeness (QED) is 0.0686. The number of hydrogen-bond acceptors (Lipinski definition) is 4. The van der Waals surface area contributed by atoms with Gasteiger partial charge in [0.15, 0.2) is 16.1 Å². The zero-order chi connectivity index (χ0) is 55.3. The molecule has 81 heavy (non-hydrogen) atoms. The number of rotatable bonds is 13. The van der Waals surface area contributed by atoms with Crippen molar-refractivity contribution in [1.82, 2.24) is 9.80 Å². The number of nitrogens with zero attached hydrogens (tertiary/aromatic N) is 2. The van der Waals surface area contributed by atoms with E-state index < -0.39 is 16.1 Å². The first-order valence-electron chi connectivity index (χ1n) is 27.3. The van der Waals surface area contributed by atoms with Crippen molar-refractivity contribution in [3.8, 4) is 22.6 Å². The Morgan fingerprint density at radius 1 is 0.333 bits per heavy atom. The Bertz CT molecular complexity index is 3440. The zero-order valence-corrected chi connectivity index (χ0v) is 49.9. The predicted molar refractivity (Wildman–Crippen MR) is 344 cm³/mol. The third-order valence-electron chi connectivity index (χ3n) is 14.9. The van der Waals surface area contributed by atoms with E-state index in [9.17, 15) is 10.2 Å². The van der Waals surface area contributed by atoms with E-state index in [2.05, 4.69) is 305 Å². The molecule has 12 aromatic rings. The van der Waals surface area contributed by atoms with Crippen molar-refractivity contribution < 1.29 is 47.1 Å². The van der Waals surface area contributed by atoms with Crippen molar-refractivity contribution in [3.63, 3.8) is 0 Å². The van der Waals surface area contributed by atoms with Crippen LogP contribution in [0.1, 0.15) is 11.1 Å². The summed E-state index contributed by atoms with van der Waals surface area (Å²) in [6, 6.07) is 107. The minimum absolute atomic E-state index is 0. The van der Waals surface area contributed by atoms with Crippen LogP contribution in [-0.4, -0.2) is 64.4 Å². The van der Waals surface area contributed by atoms with E-state index in [0.29, 0.717) is 11.1 Å². The average Bonchev–Trinajstić information content (AvgIpc) is 3.57. The van der Waals surface area contributed by atoms with Crippen LogP contribution < -0.4 is 41.5 Å². The number of benzene rings is 12. The molecule has 0 saturated heterocycles. The van der Waals surface area contributed by atoms with Crippen molar-refractivity contribution in [3.05, 3.63) is 314 Å². The van der Waals surface area contributed by atoms with Crippen molar-refractivity contribution in [1.29, 1.82) is 0 Å².